The molecule has 16 heavy (non-hydrogen) atoms. The van der Waals surface area contributed by atoms with Gasteiger partial charge in [-0.2, -0.15) is 11.8 Å². The molecule has 0 aliphatic heterocycles. The van der Waals surface area contributed by atoms with E-state index in [1.807, 2.05) is 18.2 Å². The van der Waals surface area contributed by atoms with Gasteiger partial charge in [-0.3, -0.25) is 0 Å². The van der Waals surface area contributed by atoms with Crippen LogP contribution in [0.25, 0.3) is 0 Å². The van der Waals surface area contributed by atoms with Gasteiger partial charge in [0.05, 0.1) is 0 Å². The third kappa shape index (κ3) is 4.40. The second-order valence-corrected chi connectivity index (χ2v) is 4.24. The van der Waals surface area contributed by atoms with Crippen LogP contribution in [0.15, 0.2) is 36.9 Å². The van der Waals surface area contributed by atoms with E-state index in [2.05, 4.69) is 11.3 Å². The van der Waals surface area contributed by atoms with Crippen molar-refractivity contribution in [2.24, 2.45) is 0 Å². The highest BCUT2D eigenvalue weighted by atomic mass is 32.2. The Morgan fingerprint density at radius 1 is 1.50 bits per heavy atom. The number of hydrogen-bond donors (Lipinski definition) is 1. The van der Waals surface area contributed by atoms with Gasteiger partial charge in [0.1, 0.15) is 5.75 Å². The largest absolute Gasteiger partial charge is 0.511 e. The number of para-hydroxylation sites is 1. The second-order valence-electron chi connectivity index (χ2n) is 3.09. The van der Waals surface area contributed by atoms with E-state index >= 15 is 0 Å². The molecular weight excluding hydrogens is 224 g/mol. The molecule has 0 aliphatic rings. The molecule has 1 aromatic carbocycles. The highest BCUT2D eigenvalue weighted by Gasteiger charge is 2.06. The third-order valence-corrected chi connectivity index (χ3v) is 2.89. The molecule has 0 radical (unpaired) electrons. The van der Waals surface area contributed by atoms with Gasteiger partial charge in [-0.15, -0.1) is 6.58 Å². The van der Waals surface area contributed by atoms with Crippen molar-refractivity contribution < 1.29 is 14.6 Å². The summed E-state index contributed by atoms with van der Waals surface area (Å²) < 4.78 is 4.69. The summed E-state index contributed by atoms with van der Waals surface area (Å²) in [5, 5.41) is 8.56. The van der Waals surface area contributed by atoms with E-state index < -0.39 is 6.16 Å². The number of aryl methyl sites for hydroxylation is 1. The first kappa shape index (κ1) is 12.6. The minimum absolute atomic E-state index is 0.425. The molecular formula is C12H14O3S. The fourth-order valence-corrected chi connectivity index (χ4v) is 1.95. The van der Waals surface area contributed by atoms with Crippen LogP contribution < -0.4 is 4.74 Å². The smallest absolute Gasteiger partial charge is 0.449 e. The van der Waals surface area contributed by atoms with Crippen LogP contribution in [0.2, 0.25) is 0 Å². The molecule has 0 amide bonds. The fraction of sp³-hybridized carbons (Fsp3) is 0.250. The molecule has 0 saturated carbocycles. The average Bonchev–Trinajstić information content (AvgIpc) is 2.26. The first-order chi connectivity index (χ1) is 7.74. The minimum Gasteiger partial charge on any atom is -0.449 e. The fourth-order valence-electron chi connectivity index (χ4n) is 1.25. The van der Waals surface area contributed by atoms with E-state index in [1.54, 1.807) is 23.9 Å². The normalized spacial score (nSPS) is 9.75. The van der Waals surface area contributed by atoms with Crippen molar-refractivity contribution in [1.82, 2.24) is 0 Å². The summed E-state index contributed by atoms with van der Waals surface area (Å²) in [6.07, 6.45) is 1.37. The predicted octanol–water partition coefficient (Wildman–Crippen LogP) is 3.21. The molecule has 1 rings (SSSR count). The van der Waals surface area contributed by atoms with Crippen LogP contribution in [0.4, 0.5) is 4.79 Å². The number of carboxylic acid groups (broad SMARTS) is 1. The van der Waals surface area contributed by atoms with Crippen molar-refractivity contribution in [3.05, 3.63) is 42.5 Å². The highest BCUT2D eigenvalue weighted by molar-refractivity contribution is 7.99. The van der Waals surface area contributed by atoms with E-state index in [1.165, 1.54) is 0 Å². The van der Waals surface area contributed by atoms with Crippen LogP contribution in [0.5, 0.6) is 5.75 Å². The summed E-state index contributed by atoms with van der Waals surface area (Å²) >= 11 is 1.75. The van der Waals surface area contributed by atoms with E-state index in [9.17, 15) is 4.79 Å². The van der Waals surface area contributed by atoms with Gasteiger partial charge in [-0.25, -0.2) is 4.79 Å². The van der Waals surface area contributed by atoms with Gasteiger partial charge < -0.3 is 9.84 Å². The van der Waals surface area contributed by atoms with Gasteiger partial charge in [0.15, 0.2) is 0 Å². The zero-order chi connectivity index (χ0) is 11.8. The van der Waals surface area contributed by atoms with Gasteiger partial charge in [0.2, 0.25) is 0 Å². The molecule has 1 aromatic rings. The maximum Gasteiger partial charge on any atom is 0.511 e. The summed E-state index contributed by atoms with van der Waals surface area (Å²) in [6, 6.07) is 7.19. The lowest BCUT2D eigenvalue weighted by Gasteiger charge is -2.06. The lowest BCUT2D eigenvalue weighted by molar-refractivity contribution is 0.144. The first-order valence-electron chi connectivity index (χ1n) is 4.91. The van der Waals surface area contributed by atoms with Crippen LogP contribution in [-0.4, -0.2) is 22.8 Å². The van der Waals surface area contributed by atoms with E-state index in [0.717, 1.165) is 23.5 Å². The molecule has 3 nitrogen and oxygen atoms in total. The number of rotatable bonds is 6. The number of thioether (sulfide) groups is 1. The standard InChI is InChI=1S/C12H14O3S/c1-2-8-16-9-7-10-5-3-4-6-11(10)15-12(13)14/h2-6H,1,7-9H2,(H,13,14). The zero-order valence-corrected chi connectivity index (χ0v) is 9.70. The molecule has 86 valence electrons. The molecule has 1 N–H and O–H groups in total. The Morgan fingerprint density at radius 2 is 2.25 bits per heavy atom. The molecule has 0 bridgehead atoms. The molecule has 0 fully saturated rings. The maximum absolute atomic E-state index is 10.5. The molecule has 0 spiro atoms. The van der Waals surface area contributed by atoms with E-state index in [-0.39, 0.29) is 0 Å². The van der Waals surface area contributed by atoms with Crippen LogP contribution in [-0.2, 0) is 6.42 Å². The summed E-state index contributed by atoms with van der Waals surface area (Å²) in [4.78, 5) is 10.5. The van der Waals surface area contributed by atoms with E-state index in [4.69, 9.17) is 5.11 Å². The third-order valence-electron chi connectivity index (χ3n) is 1.92. The Morgan fingerprint density at radius 3 is 2.94 bits per heavy atom. The predicted molar refractivity (Wildman–Crippen MR) is 66.3 cm³/mol. The van der Waals surface area contributed by atoms with Crippen molar-refractivity contribution >= 4 is 17.9 Å². The Labute approximate surface area is 99.1 Å². The van der Waals surface area contributed by atoms with Crippen LogP contribution in [0, 0.1) is 0 Å². The van der Waals surface area contributed by atoms with Crippen LogP contribution >= 0.6 is 11.8 Å². The number of ether oxygens (including phenoxy) is 1. The summed E-state index contributed by atoms with van der Waals surface area (Å²) in [5.74, 6) is 2.25. The molecule has 0 unspecified atom stereocenters. The number of benzene rings is 1. The SMILES string of the molecule is C=CCSCCc1ccccc1OC(=O)O. The topological polar surface area (TPSA) is 46.5 Å². The quantitative estimate of drug-likeness (QED) is 0.358. The lowest BCUT2D eigenvalue weighted by atomic mass is 10.1. The summed E-state index contributed by atoms with van der Waals surface area (Å²) in [6.45, 7) is 3.64. The van der Waals surface area contributed by atoms with E-state index in [0.29, 0.717) is 5.75 Å². The van der Waals surface area contributed by atoms with Gasteiger partial charge in [0, 0.05) is 5.75 Å². The van der Waals surface area contributed by atoms with Gasteiger partial charge in [-0.1, -0.05) is 24.3 Å². The van der Waals surface area contributed by atoms with Crippen molar-refractivity contribution in [2.45, 2.75) is 6.42 Å². The van der Waals surface area contributed by atoms with Crippen molar-refractivity contribution in [2.75, 3.05) is 11.5 Å². The second kappa shape index (κ2) is 6.95. The van der Waals surface area contributed by atoms with Crippen molar-refractivity contribution in [3.8, 4) is 5.75 Å². The minimum atomic E-state index is -1.27. The van der Waals surface area contributed by atoms with Gasteiger partial charge in [-0.05, 0) is 23.8 Å². The number of carbonyl (C=O) groups is 1. The van der Waals surface area contributed by atoms with Crippen molar-refractivity contribution in [3.63, 3.8) is 0 Å². The molecule has 0 saturated heterocycles. The first-order valence-corrected chi connectivity index (χ1v) is 6.07. The van der Waals surface area contributed by atoms with Crippen LogP contribution in [0.1, 0.15) is 5.56 Å². The Hall–Kier alpha value is -1.42. The van der Waals surface area contributed by atoms with Gasteiger partial charge in [0.25, 0.3) is 0 Å². The zero-order valence-electron chi connectivity index (χ0n) is 8.89. The molecule has 0 atom stereocenters. The molecule has 0 heterocycles. The Balaban J connectivity index is 2.56. The summed E-state index contributed by atoms with van der Waals surface area (Å²) in [7, 11) is 0. The van der Waals surface area contributed by atoms with Crippen molar-refractivity contribution in [1.29, 1.82) is 0 Å². The summed E-state index contributed by atoms with van der Waals surface area (Å²) in [5.41, 5.74) is 0.918. The molecule has 0 aromatic heterocycles. The highest BCUT2D eigenvalue weighted by Crippen LogP contribution is 2.20. The Bertz CT molecular complexity index is 363. The monoisotopic (exact) mass is 238 g/mol. The molecule has 4 heteroatoms. The van der Waals surface area contributed by atoms with Crippen LogP contribution in [0.3, 0.4) is 0 Å². The maximum atomic E-state index is 10.5. The molecule has 0 aliphatic carbocycles. The lowest BCUT2D eigenvalue weighted by Crippen LogP contribution is -2.05. The van der Waals surface area contributed by atoms with Gasteiger partial charge >= 0.3 is 6.16 Å². The average molecular weight is 238 g/mol. The Kier molecular flexibility index (Phi) is 5.50. The number of hydrogen-bond acceptors (Lipinski definition) is 3.